The van der Waals surface area contributed by atoms with Crippen molar-refractivity contribution in [1.82, 2.24) is 14.7 Å². The van der Waals surface area contributed by atoms with Crippen LogP contribution in [0, 0.1) is 0 Å². The highest BCUT2D eigenvalue weighted by Crippen LogP contribution is 2.21. The number of rotatable bonds is 19. The summed E-state index contributed by atoms with van der Waals surface area (Å²) in [6, 6.07) is 2.17. The van der Waals surface area contributed by atoms with Gasteiger partial charge in [-0.15, -0.1) is 0 Å². The van der Waals surface area contributed by atoms with Crippen LogP contribution in [0.4, 0.5) is 0 Å². The SMILES string of the molecule is CCO[Si](CC)(CCCN(CCCN(C)CC)CCCN(C)CC)OCC. The van der Waals surface area contributed by atoms with Crippen molar-refractivity contribution >= 4 is 8.56 Å². The van der Waals surface area contributed by atoms with Gasteiger partial charge in [0.2, 0.25) is 0 Å². The molecular weight excluding hydrogens is 354 g/mol. The topological polar surface area (TPSA) is 28.2 Å². The highest BCUT2D eigenvalue weighted by Gasteiger charge is 2.34. The molecule has 0 fully saturated rings. The van der Waals surface area contributed by atoms with E-state index in [1.807, 2.05) is 0 Å². The Bertz CT molecular complexity index is 313. The maximum absolute atomic E-state index is 6.14. The molecule has 5 nitrogen and oxygen atoms in total. The second kappa shape index (κ2) is 16.9. The van der Waals surface area contributed by atoms with Gasteiger partial charge in [0.25, 0.3) is 0 Å². The fourth-order valence-corrected chi connectivity index (χ4v) is 6.33. The summed E-state index contributed by atoms with van der Waals surface area (Å²) in [5.41, 5.74) is 0. The van der Waals surface area contributed by atoms with E-state index in [1.165, 1.54) is 52.0 Å². The van der Waals surface area contributed by atoms with Gasteiger partial charge in [-0.3, -0.25) is 0 Å². The first-order chi connectivity index (χ1) is 13.0. The number of nitrogens with zero attached hydrogens (tertiary/aromatic N) is 3. The molecule has 0 aromatic carbocycles. The van der Waals surface area contributed by atoms with Crippen LogP contribution < -0.4 is 0 Å². The van der Waals surface area contributed by atoms with E-state index in [0.29, 0.717) is 0 Å². The first-order valence-electron chi connectivity index (χ1n) is 11.3. The van der Waals surface area contributed by atoms with Crippen molar-refractivity contribution < 1.29 is 8.85 Å². The first-order valence-corrected chi connectivity index (χ1v) is 13.6. The molecule has 0 saturated heterocycles. The van der Waals surface area contributed by atoms with E-state index in [4.69, 9.17) is 8.85 Å². The first kappa shape index (κ1) is 27.0. The van der Waals surface area contributed by atoms with Gasteiger partial charge in [-0.2, -0.15) is 0 Å². The van der Waals surface area contributed by atoms with Gasteiger partial charge in [0.15, 0.2) is 0 Å². The third kappa shape index (κ3) is 13.0. The molecule has 0 spiro atoms. The molecule has 0 bridgehead atoms. The number of hydrogen-bond donors (Lipinski definition) is 0. The maximum Gasteiger partial charge on any atom is 0.337 e. The Labute approximate surface area is 171 Å². The molecule has 0 aromatic heterocycles. The molecule has 27 heavy (non-hydrogen) atoms. The molecule has 0 heterocycles. The van der Waals surface area contributed by atoms with Gasteiger partial charge in [-0.1, -0.05) is 20.8 Å². The Morgan fingerprint density at radius 1 is 0.630 bits per heavy atom. The van der Waals surface area contributed by atoms with Crippen molar-refractivity contribution in [3.63, 3.8) is 0 Å². The molecule has 0 aromatic rings. The Kier molecular flexibility index (Phi) is 16.9. The monoisotopic (exact) mass is 403 g/mol. The minimum absolute atomic E-state index is 0.774. The Morgan fingerprint density at radius 2 is 1.07 bits per heavy atom. The van der Waals surface area contributed by atoms with Gasteiger partial charge in [-0.25, -0.2) is 0 Å². The van der Waals surface area contributed by atoms with E-state index in [2.05, 4.69) is 63.4 Å². The second-order valence-electron chi connectivity index (χ2n) is 7.57. The lowest BCUT2D eigenvalue weighted by Gasteiger charge is -2.30. The molecule has 0 unspecified atom stereocenters. The van der Waals surface area contributed by atoms with Crippen LogP contribution in [0.15, 0.2) is 0 Å². The average molecular weight is 404 g/mol. The zero-order valence-corrected chi connectivity index (χ0v) is 20.6. The highest BCUT2D eigenvalue weighted by molar-refractivity contribution is 6.67. The van der Waals surface area contributed by atoms with Crippen LogP contribution in [0.25, 0.3) is 0 Å². The largest absolute Gasteiger partial charge is 0.394 e. The Hall–Kier alpha value is 0.0169. The molecule has 164 valence electrons. The quantitative estimate of drug-likeness (QED) is 0.305. The molecule has 0 radical (unpaired) electrons. The van der Waals surface area contributed by atoms with Gasteiger partial charge in [0, 0.05) is 13.2 Å². The summed E-state index contributed by atoms with van der Waals surface area (Å²) in [5.74, 6) is 0. The van der Waals surface area contributed by atoms with Crippen LogP contribution in [-0.2, 0) is 8.85 Å². The van der Waals surface area contributed by atoms with Crippen LogP contribution >= 0.6 is 0 Å². The zero-order chi connectivity index (χ0) is 20.5. The Morgan fingerprint density at radius 3 is 1.44 bits per heavy atom. The third-order valence-corrected chi connectivity index (χ3v) is 9.32. The summed E-state index contributed by atoms with van der Waals surface area (Å²) in [7, 11) is 2.44. The van der Waals surface area contributed by atoms with Gasteiger partial charge in [0.1, 0.15) is 0 Å². The van der Waals surface area contributed by atoms with Crippen LogP contribution in [0.1, 0.15) is 53.9 Å². The standard InChI is InChI=1S/C21H49N3O2Si/c1-8-22(6)16-13-18-24(19-14-17-23(7)9-2)20-15-21-27(12-5,25-10-3)26-11-4/h8-21H2,1-7H3. The van der Waals surface area contributed by atoms with Crippen LogP contribution in [-0.4, -0.2) is 96.4 Å². The van der Waals surface area contributed by atoms with Crippen molar-refractivity contribution in [3.8, 4) is 0 Å². The Balaban J connectivity index is 4.51. The van der Waals surface area contributed by atoms with Crippen LogP contribution in [0.5, 0.6) is 0 Å². The normalized spacial score (nSPS) is 12.7. The fourth-order valence-electron chi connectivity index (χ4n) is 3.45. The van der Waals surface area contributed by atoms with Crippen molar-refractivity contribution in [2.75, 3.05) is 73.1 Å². The molecular formula is C21H49N3O2Si. The summed E-state index contributed by atoms with van der Waals surface area (Å²) < 4.78 is 12.3. The van der Waals surface area contributed by atoms with Crippen molar-refractivity contribution in [3.05, 3.63) is 0 Å². The van der Waals surface area contributed by atoms with Gasteiger partial charge >= 0.3 is 8.56 Å². The van der Waals surface area contributed by atoms with Crippen molar-refractivity contribution in [2.24, 2.45) is 0 Å². The molecule has 0 aliphatic carbocycles. The predicted octanol–water partition coefficient (Wildman–Crippen LogP) is 3.90. The molecule has 0 aliphatic heterocycles. The molecule has 0 atom stereocenters. The van der Waals surface area contributed by atoms with E-state index < -0.39 is 8.56 Å². The maximum atomic E-state index is 6.14. The van der Waals surface area contributed by atoms with Gasteiger partial charge in [-0.05, 0) is 105 Å². The van der Waals surface area contributed by atoms with E-state index >= 15 is 0 Å². The third-order valence-electron chi connectivity index (χ3n) is 5.49. The molecule has 0 N–H and O–H groups in total. The lowest BCUT2D eigenvalue weighted by molar-refractivity contribution is 0.178. The van der Waals surface area contributed by atoms with Gasteiger partial charge in [0.05, 0.1) is 0 Å². The van der Waals surface area contributed by atoms with E-state index in [-0.39, 0.29) is 0 Å². The summed E-state index contributed by atoms with van der Waals surface area (Å²) in [4.78, 5) is 7.48. The molecule has 6 heteroatoms. The fraction of sp³-hybridized carbons (Fsp3) is 1.00. The predicted molar refractivity (Wildman–Crippen MR) is 121 cm³/mol. The smallest absolute Gasteiger partial charge is 0.337 e. The highest BCUT2D eigenvalue weighted by atomic mass is 28.4. The van der Waals surface area contributed by atoms with Gasteiger partial charge < -0.3 is 23.6 Å². The van der Waals surface area contributed by atoms with E-state index in [9.17, 15) is 0 Å². The zero-order valence-electron chi connectivity index (χ0n) is 19.6. The minimum atomic E-state index is -1.99. The summed E-state index contributed by atoms with van der Waals surface area (Å²) in [6.07, 6.45) is 3.69. The molecule has 0 rings (SSSR count). The summed E-state index contributed by atoms with van der Waals surface area (Å²) in [5, 5.41) is 0. The lowest BCUT2D eigenvalue weighted by atomic mass is 10.3. The molecule has 0 amide bonds. The average Bonchev–Trinajstić information content (AvgIpc) is 2.67. The van der Waals surface area contributed by atoms with Crippen LogP contribution in [0.2, 0.25) is 12.1 Å². The van der Waals surface area contributed by atoms with Crippen molar-refractivity contribution in [2.45, 2.75) is 66.0 Å². The molecule has 0 aliphatic rings. The summed E-state index contributed by atoms with van der Waals surface area (Å²) >= 11 is 0. The van der Waals surface area contributed by atoms with E-state index in [1.54, 1.807) is 0 Å². The second-order valence-corrected chi connectivity index (χ2v) is 11.2. The lowest BCUT2D eigenvalue weighted by Crippen LogP contribution is -2.42. The van der Waals surface area contributed by atoms with Crippen LogP contribution in [0.3, 0.4) is 0 Å². The van der Waals surface area contributed by atoms with Crippen molar-refractivity contribution in [1.29, 1.82) is 0 Å². The van der Waals surface area contributed by atoms with E-state index in [0.717, 1.165) is 38.4 Å². The minimum Gasteiger partial charge on any atom is -0.394 e. The molecule has 0 saturated carbocycles. The number of hydrogen-bond acceptors (Lipinski definition) is 5. The summed E-state index contributed by atoms with van der Waals surface area (Å²) in [6.45, 7) is 20.6.